The summed E-state index contributed by atoms with van der Waals surface area (Å²) in [6, 6.07) is 5.79. The molecule has 0 saturated carbocycles. The van der Waals surface area contributed by atoms with Gasteiger partial charge in [0.1, 0.15) is 12.0 Å². The molecule has 37 heavy (non-hydrogen) atoms. The molecule has 0 atom stereocenters. The summed E-state index contributed by atoms with van der Waals surface area (Å²) in [5.74, 6) is 0.235. The van der Waals surface area contributed by atoms with Crippen LogP contribution >= 0.6 is 11.6 Å². The summed E-state index contributed by atoms with van der Waals surface area (Å²) < 4.78 is 22.6. The Bertz CT molecular complexity index is 1430. The zero-order valence-corrected chi connectivity index (χ0v) is 21.9. The van der Waals surface area contributed by atoms with Crippen molar-refractivity contribution in [2.24, 2.45) is 0 Å². The minimum atomic E-state index is -0.357. The highest BCUT2D eigenvalue weighted by Crippen LogP contribution is 2.32. The van der Waals surface area contributed by atoms with E-state index in [0.717, 1.165) is 50.2 Å². The second kappa shape index (κ2) is 10.5. The highest BCUT2D eigenvalue weighted by Gasteiger charge is 2.27. The molecule has 4 aromatic rings. The zero-order chi connectivity index (χ0) is 26.1. The summed E-state index contributed by atoms with van der Waals surface area (Å²) in [6.45, 7) is 3.53. The van der Waals surface area contributed by atoms with Crippen molar-refractivity contribution >= 4 is 34.6 Å². The van der Waals surface area contributed by atoms with E-state index in [2.05, 4.69) is 31.9 Å². The molecule has 0 aliphatic carbocycles. The lowest BCUT2D eigenvalue weighted by atomic mass is 10.0. The molecule has 1 aliphatic rings. The Balaban J connectivity index is 1.35. The van der Waals surface area contributed by atoms with E-state index in [0.29, 0.717) is 39.7 Å². The first-order chi connectivity index (χ1) is 17.9. The molecule has 1 fully saturated rings. The van der Waals surface area contributed by atoms with E-state index in [1.54, 1.807) is 32.3 Å². The fourth-order valence-electron chi connectivity index (χ4n) is 4.81. The lowest BCUT2D eigenvalue weighted by molar-refractivity contribution is 0.0827. The number of carbonyl (C=O) groups is 1. The van der Waals surface area contributed by atoms with E-state index in [1.165, 1.54) is 17.4 Å². The number of fused-ring (bicyclic) bond motifs is 1. The summed E-state index contributed by atoms with van der Waals surface area (Å²) >= 11 is 6.49. The molecule has 11 heteroatoms. The Hall–Kier alpha value is -3.53. The summed E-state index contributed by atoms with van der Waals surface area (Å²) in [7, 11) is 3.38. The molecular formula is C26H29ClFN7O2. The summed E-state index contributed by atoms with van der Waals surface area (Å²) in [6.07, 6.45) is 6.66. The number of piperidine rings is 1. The van der Waals surface area contributed by atoms with Crippen molar-refractivity contribution in [3.05, 3.63) is 64.2 Å². The maximum absolute atomic E-state index is 15.3. The van der Waals surface area contributed by atoms with Crippen LogP contribution in [0.5, 0.6) is 0 Å². The van der Waals surface area contributed by atoms with Gasteiger partial charge in [0.05, 0.1) is 11.1 Å². The normalized spacial score (nSPS) is 14.5. The van der Waals surface area contributed by atoms with Gasteiger partial charge in [-0.15, -0.1) is 0 Å². The molecule has 0 N–H and O–H groups in total. The van der Waals surface area contributed by atoms with Crippen molar-refractivity contribution < 1.29 is 13.7 Å². The molecule has 0 bridgehead atoms. The summed E-state index contributed by atoms with van der Waals surface area (Å²) in [4.78, 5) is 29.1. The Morgan fingerprint density at radius 1 is 1.24 bits per heavy atom. The molecular weight excluding hydrogens is 497 g/mol. The van der Waals surface area contributed by atoms with Gasteiger partial charge in [0.2, 0.25) is 0 Å². The molecule has 0 unspecified atom stereocenters. The number of carbonyl (C=O) groups excluding carboxylic acids is 1. The molecule has 1 amide bonds. The van der Waals surface area contributed by atoms with E-state index < -0.39 is 0 Å². The first-order valence-corrected chi connectivity index (χ1v) is 12.8. The SMILES string of the molecule is CCCc1noc(N2CCC(n3cc(F)c4c(Cc5ccc(C(=O)N(C)C)cc5Cl)ncnc43)CC2)n1. The maximum Gasteiger partial charge on any atom is 0.324 e. The van der Waals surface area contributed by atoms with Gasteiger partial charge < -0.3 is 18.9 Å². The monoisotopic (exact) mass is 525 g/mol. The van der Waals surface area contributed by atoms with Crippen LogP contribution < -0.4 is 4.90 Å². The number of hydrogen-bond acceptors (Lipinski definition) is 7. The van der Waals surface area contributed by atoms with Gasteiger partial charge in [-0.1, -0.05) is 29.7 Å². The fourth-order valence-corrected chi connectivity index (χ4v) is 5.06. The second-order valence-corrected chi connectivity index (χ2v) is 9.95. The third kappa shape index (κ3) is 5.02. The Kier molecular flexibility index (Phi) is 7.10. The van der Waals surface area contributed by atoms with E-state index in [4.69, 9.17) is 16.1 Å². The van der Waals surface area contributed by atoms with E-state index >= 15 is 4.39 Å². The van der Waals surface area contributed by atoms with Crippen molar-refractivity contribution in [1.82, 2.24) is 29.6 Å². The predicted molar refractivity (Wildman–Crippen MR) is 139 cm³/mol. The third-order valence-electron chi connectivity index (χ3n) is 6.77. The first kappa shape index (κ1) is 25.1. The minimum Gasteiger partial charge on any atom is -0.345 e. The van der Waals surface area contributed by atoms with Crippen LogP contribution in [0.4, 0.5) is 10.4 Å². The summed E-state index contributed by atoms with van der Waals surface area (Å²) in [5.41, 5.74) is 2.39. The average Bonchev–Trinajstić information content (AvgIpc) is 3.50. The number of nitrogens with zero attached hydrogens (tertiary/aromatic N) is 7. The van der Waals surface area contributed by atoms with Crippen molar-refractivity contribution in [2.45, 2.75) is 45.1 Å². The van der Waals surface area contributed by atoms with Crippen molar-refractivity contribution in [3.8, 4) is 0 Å². The van der Waals surface area contributed by atoms with Gasteiger partial charge in [-0.2, -0.15) is 4.98 Å². The number of halogens is 2. The topological polar surface area (TPSA) is 93.2 Å². The van der Waals surface area contributed by atoms with Crippen LogP contribution in [0.2, 0.25) is 5.02 Å². The third-order valence-corrected chi connectivity index (χ3v) is 7.12. The lowest BCUT2D eigenvalue weighted by Gasteiger charge is -2.31. The van der Waals surface area contributed by atoms with Crippen LogP contribution in [0.15, 0.2) is 35.2 Å². The van der Waals surface area contributed by atoms with Crippen molar-refractivity contribution in [3.63, 3.8) is 0 Å². The molecule has 9 nitrogen and oxygen atoms in total. The molecule has 1 saturated heterocycles. The number of amides is 1. The number of benzene rings is 1. The van der Waals surface area contributed by atoms with Gasteiger partial charge in [0.25, 0.3) is 5.91 Å². The molecule has 0 spiro atoms. The number of hydrogen-bond donors (Lipinski definition) is 0. The highest BCUT2D eigenvalue weighted by atomic mass is 35.5. The molecule has 3 aromatic heterocycles. The van der Waals surface area contributed by atoms with Crippen LogP contribution in [-0.2, 0) is 12.8 Å². The highest BCUT2D eigenvalue weighted by molar-refractivity contribution is 6.31. The Morgan fingerprint density at radius 3 is 2.73 bits per heavy atom. The number of aryl methyl sites for hydroxylation is 1. The van der Waals surface area contributed by atoms with Crippen LogP contribution in [-0.4, -0.2) is 62.7 Å². The summed E-state index contributed by atoms with van der Waals surface area (Å²) in [5, 5.41) is 4.88. The second-order valence-electron chi connectivity index (χ2n) is 9.55. The number of rotatable bonds is 7. The molecule has 194 valence electrons. The number of anilines is 1. The fraction of sp³-hybridized carbons (Fsp3) is 0.423. The smallest absolute Gasteiger partial charge is 0.324 e. The van der Waals surface area contributed by atoms with Crippen LogP contribution in [0.3, 0.4) is 0 Å². The maximum atomic E-state index is 15.3. The zero-order valence-electron chi connectivity index (χ0n) is 21.1. The van der Waals surface area contributed by atoms with Gasteiger partial charge in [0, 0.05) is 62.9 Å². The van der Waals surface area contributed by atoms with Gasteiger partial charge in [-0.05, 0) is 37.0 Å². The van der Waals surface area contributed by atoms with Crippen LogP contribution in [0.25, 0.3) is 11.0 Å². The molecule has 4 heterocycles. The van der Waals surface area contributed by atoms with Crippen molar-refractivity contribution in [1.29, 1.82) is 0 Å². The van der Waals surface area contributed by atoms with E-state index in [9.17, 15) is 4.79 Å². The average molecular weight is 526 g/mol. The molecule has 0 radical (unpaired) electrons. The minimum absolute atomic E-state index is 0.0870. The van der Waals surface area contributed by atoms with E-state index in [1.807, 2.05) is 4.57 Å². The van der Waals surface area contributed by atoms with Crippen LogP contribution in [0.1, 0.15) is 59.7 Å². The largest absolute Gasteiger partial charge is 0.345 e. The van der Waals surface area contributed by atoms with Crippen LogP contribution in [0, 0.1) is 5.82 Å². The number of aromatic nitrogens is 5. The molecule has 5 rings (SSSR count). The molecule has 1 aliphatic heterocycles. The Morgan fingerprint density at radius 2 is 2.03 bits per heavy atom. The predicted octanol–water partition coefficient (Wildman–Crippen LogP) is 4.69. The quantitative estimate of drug-likeness (QED) is 0.345. The van der Waals surface area contributed by atoms with Gasteiger partial charge in [-0.25, -0.2) is 14.4 Å². The van der Waals surface area contributed by atoms with Gasteiger partial charge in [0.15, 0.2) is 11.6 Å². The Labute approximate surface area is 219 Å². The molecule has 1 aromatic carbocycles. The van der Waals surface area contributed by atoms with Gasteiger partial charge >= 0.3 is 6.01 Å². The van der Waals surface area contributed by atoms with Gasteiger partial charge in [-0.3, -0.25) is 4.79 Å². The van der Waals surface area contributed by atoms with Crippen molar-refractivity contribution in [2.75, 3.05) is 32.1 Å². The lowest BCUT2D eigenvalue weighted by Crippen LogP contribution is -2.34. The standard InChI is InChI=1S/C26H29ClFN7O2/c1-4-5-22-31-26(37-32-22)34-10-8-18(9-11-34)35-14-20(28)23-21(29-15-30-24(23)35)13-16-6-7-17(12-19(16)27)25(36)33(2)3/h6-7,12,14-15,18H,4-5,8-11,13H2,1-3H3. The first-order valence-electron chi connectivity index (χ1n) is 12.4. The van der Waals surface area contributed by atoms with E-state index in [-0.39, 0.29) is 17.8 Å².